The summed E-state index contributed by atoms with van der Waals surface area (Å²) in [6.45, 7) is 0.192. The molecule has 166 valence electrons. The molecule has 1 heterocycles. The highest BCUT2D eigenvalue weighted by Crippen LogP contribution is 2.32. The van der Waals surface area contributed by atoms with E-state index in [9.17, 15) is 23.3 Å². The third kappa shape index (κ3) is 4.02. The van der Waals surface area contributed by atoms with Gasteiger partial charge in [-0.15, -0.1) is 0 Å². The molecular formula is C22H21N3O6S. The number of hydrogen-bond donors (Lipinski definition) is 1. The van der Waals surface area contributed by atoms with Crippen LogP contribution in [0, 0.1) is 10.1 Å². The average Bonchev–Trinajstić information content (AvgIpc) is 3.30. The number of nitro benzene ring substituents is 1. The van der Waals surface area contributed by atoms with Gasteiger partial charge in [0.15, 0.2) is 0 Å². The summed E-state index contributed by atoms with van der Waals surface area (Å²) in [7, 11) is -2.55. The first-order chi connectivity index (χ1) is 15.3. The number of nitro groups is 1. The number of benzene rings is 3. The minimum Gasteiger partial charge on any atom is -0.496 e. The molecule has 1 saturated heterocycles. The second-order valence-corrected chi connectivity index (χ2v) is 9.30. The SMILES string of the molecule is COc1ccc(NC(=O)[C@H]2CCCN2S(=O)(=O)c2ccc3ccccc3c2)c([N+](=O)[O-])c1. The molecular weight excluding hydrogens is 434 g/mol. The summed E-state index contributed by atoms with van der Waals surface area (Å²) in [5.41, 5.74) is -0.351. The van der Waals surface area contributed by atoms with E-state index in [0.717, 1.165) is 10.8 Å². The fourth-order valence-corrected chi connectivity index (χ4v) is 5.56. The predicted molar refractivity (Wildman–Crippen MR) is 119 cm³/mol. The number of amides is 1. The number of nitrogens with zero attached hydrogens (tertiary/aromatic N) is 2. The third-order valence-electron chi connectivity index (χ3n) is 5.49. The minimum absolute atomic E-state index is 0.0178. The highest BCUT2D eigenvalue weighted by atomic mass is 32.2. The molecule has 1 N–H and O–H groups in total. The summed E-state index contributed by atoms with van der Waals surface area (Å²) in [5.74, 6) is -0.337. The highest BCUT2D eigenvalue weighted by molar-refractivity contribution is 7.89. The van der Waals surface area contributed by atoms with Crippen LogP contribution in [-0.2, 0) is 14.8 Å². The minimum atomic E-state index is -3.94. The molecule has 1 amide bonds. The topological polar surface area (TPSA) is 119 Å². The van der Waals surface area contributed by atoms with Gasteiger partial charge in [0.05, 0.1) is 23.0 Å². The molecule has 0 aromatic heterocycles. The molecule has 0 bridgehead atoms. The van der Waals surface area contributed by atoms with Gasteiger partial charge in [-0.3, -0.25) is 14.9 Å². The van der Waals surface area contributed by atoms with E-state index in [1.165, 1.54) is 35.7 Å². The van der Waals surface area contributed by atoms with Crippen LogP contribution in [0.5, 0.6) is 5.75 Å². The van der Waals surface area contributed by atoms with Crippen molar-refractivity contribution in [1.29, 1.82) is 0 Å². The second-order valence-electron chi connectivity index (χ2n) is 7.41. The molecule has 1 fully saturated rings. The Hall–Kier alpha value is -3.50. The Morgan fingerprint density at radius 3 is 2.59 bits per heavy atom. The quantitative estimate of drug-likeness (QED) is 0.448. The monoisotopic (exact) mass is 455 g/mol. The zero-order chi connectivity index (χ0) is 22.9. The van der Waals surface area contributed by atoms with Crippen LogP contribution in [0.25, 0.3) is 10.8 Å². The van der Waals surface area contributed by atoms with Crippen LogP contribution in [0.1, 0.15) is 12.8 Å². The second kappa shape index (κ2) is 8.56. The van der Waals surface area contributed by atoms with Gasteiger partial charge in [-0.2, -0.15) is 4.31 Å². The van der Waals surface area contributed by atoms with Crippen LogP contribution in [0.2, 0.25) is 0 Å². The maximum Gasteiger partial charge on any atom is 0.296 e. The number of fused-ring (bicyclic) bond motifs is 1. The van der Waals surface area contributed by atoms with Crippen LogP contribution in [0.4, 0.5) is 11.4 Å². The van der Waals surface area contributed by atoms with E-state index in [2.05, 4.69) is 5.32 Å². The molecule has 32 heavy (non-hydrogen) atoms. The van der Waals surface area contributed by atoms with Gasteiger partial charge < -0.3 is 10.1 Å². The number of nitrogens with one attached hydrogen (secondary N) is 1. The summed E-state index contributed by atoms with van der Waals surface area (Å²) in [5, 5.41) is 15.6. The molecule has 0 aliphatic carbocycles. The summed E-state index contributed by atoms with van der Waals surface area (Å²) < 4.78 is 32.8. The molecule has 1 aliphatic heterocycles. The van der Waals surface area contributed by atoms with Crippen molar-refractivity contribution in [3.05, 3.63) is 70.8 Å². The van der Waals surface area contributed by atoms with Crippen molar-refractivity contribution < 1.29 is 22.9 Å². The van der Waals surface area contributed by atoms with Gasteiger partial charge in [-0.05, 0) is 47.9 Å². The van der Waals surface area contributed by atoms with Crippen LogP contribution in [0.15, 0.2) is 65.6 Å². The third-order valence-corrected chi connectivity index (χ3v) is 7.40. The molecule has 9 nitrogen and oxygen atoms in total. The van der Waals surface area contributed by atoms with Crippen LogP contribution in [0.3, 0.4) is 0 Å². The van der Waals surface area contributed by atoms with E-state index in [1.807, 2.05) is 24.3 Å². The van der Waals surface area contributed by atoms with Crippen molar-refractivity contribution >= 4 is 38.1 Å². The summed E-state index contributed by atoms with van der Waals surface area (Å²) in [6, 6.07) is 15.3. The zero-order valence-corrected chi connectivity index (χ0v) is 18.0. The molecule has 10 heteroatoms. The number of methoxy groups -OCH3 is 1. The van der Waals surface area contributed by atoms with Crippen LogP contribution >= 0.6 is 0 Å². The van der Waals surface area contributed by atoms with Gasteiger partial charge >= 0.3 is 0 Å². The Morgan fingerprint density at radius 2 is 1.88 bits per heavy atom. The van der Waals surface area contributed by atoms with Crippen molar-refractivity contribution in [3.63, 3.8) is 0 Å². The van der Waals surface area contributed by atoms with Gasteiger partial charge in [-0.1, -0.05) is 30.3 Å². The molecule has 3 aromatic rings. The Kier molecular flexibility index (Phi) is 5.81. The van der Waals surface area contributed by atoms with E-state index in [-0.39, 0.29) is 28.6 Å². The Balaban J connectivity index is 1.61. The number of anilines is 1. The fraction of sp³-hybridized carbons (Fsp3) is 0.227. The van der Waals surface area contributed by atoms with E-state index < -0.39 is 26.9 Å². The van der Waals surface area contributed by atoms with E-state index in [4.69, 9.17) is 4.74 Å². The lowest BCUT2D eigenvalue weighted by molar-refractivity contribution is -0.384. The first-order valence-electron chi connectivity index (χ1n) is 9.95. The summed E-state index contributed by atoms with van der Waals surface area (Å²) in [6.07, 6.45) is 0.832. The van der Waals surface area contributed by atoms with E-state index in [1.54, 1.807) is 12.1 Å². The average molecular weight is 455 g/mol. The first-order valence-corrected chi connectivity index (χ1v) is 11.4. The highest BCUT2D eigenvalue weighted by Gasteiger charge is 2.40. The lowest BCUT2D eigenvalue weighted by atomic mass is 10.1. The number of sulfonamides is 1. The standard InChI is InChI=1S/C22H21N3O6S/c1-31-17-9-11-19(21(14-17)25(27)28)23-22(26)20-7-4-12-24(20)32(29,30)18-10-8-15-5-2-3-6-16(15)13-18/h2-3,5-6,8-11,13-14,20H,4,7,12H2,1H3,(H,23,26)/t20-/m1/s1. The van der Waals surface area contributed by atoms with Crippen molar-refractivity contribution in [2.24, 2.45) is 0 Å². The van der Waals surface area contributed by atoms with Gasteiger partial charge in [0.1, 0.15) is 17.5 Å². The molecule has 3 aromatic carbocycles. The molecule has 1 aliphatic rings. The lowest BCUT2D eigenvalue weighted by Gasteiger charge is -2.23. The lowest BCUT2D eigenvalue weighted by Crippen LogP contribution is -2.43. The van der Waals surface area contributed by atoms with Crippen LogP contribution < -0.4 is 10.1 Å². The number of carbonyl (C=O) groups excluding carboxylic acids is 1. The molecule has 0 spiro atoms. The zero-order valence-electron chi connectivity index (χ0n) is 17.2. The normalized spacial score (nSPS) is 16.7. The first kappa shape index (κ1) is 21.7. The smallest absolute Gasteiger partial charge is 0.296 e. The largest absolute Gasteiger partial charge is 0.496 e. The van der Waals surface area contributed by atoms with Gasteiger partial charge in [0, 0.05) is 6.54 Å². The maximum atomic E-state index is 13.3. The van der Waals surface area contributed by atoms with E-state index >= 15 is 0 Å². The number of rotatable bonds is 6. The van der Waals surface area contributed by atoms with Crippen molar-refractivity contribution in [3.8, 4) is 5.75 Å². The molecule has 4 rings (SSSR count). The number of ether oxygens (including phenoxy) is 1. The predicted octanol–water partition coefficient (Wildman–Crippen LogP) is 3.55. The van der Waals surface area contributed by atoms with E-state index in [0.29, 0.717) is 12.8 Å². The Bertz CT molecular complexity index is 1310. The fourth-order valence-electron chi connectivity index (χ4n) is 3.86. The summed E-state index contributed by atoms with van der Waals surface area (Å²) in [4.78, 5) is 23.8. The van der Waals surface area contributed by atoms with Crippen molar-refractivity contribution in [2.75, 3.05) is 19.0 Å². The molecule has 1 atom stereocenters. The molecule has 0 radical (unpaired) electrons. The van der Waals surface area contributed by atoms with Crippen molar-refractivity contribution in [1.82, 2.24) is 4.31 Å². The maximum absolute atomic E-state index is 13.3. The summed E-state index contributed by atoms with van der Waals surface area (Å²) >= 11 is 0. The van der Waals surface area contributed by atoms with Crippen molar-refractivity contribution in [2.45, 2.75) is 23.8 Å². The molecule has 0 unspecified atom stereocenters. The molecule has 0 saturated carbocycles. The van der Waals surface area contributed by atoms with Crippen LogP contribution in [-0.4, -0.2) is 43.2 Å². The number of carbonyl (C=O) groups is 1. The Labute approximate surface area is 184 Å². The number of hydrogen-bond acceptors (Lipinski definition) is 6. The van der Waals surface area contributed by atoms with Gasteiger partial charge in [-0.25, -0.2) is 8.42 Å². The Morgan fingerprint density at radius 1 is 1.12 bits per heavy atom. The van der Waals surface area contributed by atoms with Gasteiger partial charge in [0.2, 0.25) is 15.9 Å². The van der Waals surface area contributed by atoms with Gasteiger partial charge in [0.25, 0.3) is 5.69 Å².